The average molecular weight is 915 g/mol. The lowest BCUT2D eigenvalue weighted by Crippen LogP contribution is -2.59. The van der Waals surface area contributed by atoms with Gasteiger partial charge in [0.05, 0.1) is 0 Å². The van der Waals surface area contributed by atoms with E-state index in [2.05, 4.69) is 31.6 Å². The summed E-state index contributed by atoms with van der Waals surface area (Å²) >= 11 is 0. The molecule has 0 saturated heterocycles. The number of carbonyl (C=O) groups is 6. The standard InChI is InChI=1S/C54H54N6O8/c61-49-35-68-43-24-18-39(19-25-43)33-48(53(65)58-45(54(66)67)27-21-37-12-6-2-7-13-37)59-50(62)44(26-20-36-10-4-1-5-11-36)57-52(64)47(60-51(63)46(56-49)34-40-28-30-55-31-29-40)32-38-16-22-42(23-17-38)41-14-8-3-9-15-41/h1-19,22-25,28-31,44-48H,20-21,26-27,32-35H2,(H,56,61)(H,57,64)(H,58,65)(H,59,62)(H,60,63)(H,66,67)/t44-,45+,46-,47+,48+/m0/s1. The van der Waals surface area contributed by atoms with Crippen LogP contribution in [0.2, 0.25) is 0 Å². The van der Waals surface area contributed by atoms with Gasteiger partial charge in [0.2, 0.25) is 23.6 Å². The molecule has 14 nitrogen and oxygen atoms in total. The molecule has 0 spiro atoms. The van der Waals surface area contributed by atoms with Crippen LogP contribution in [0.1, 0.15) is 40.7 Å². The first kappa shape index (κ1) is 47.8. The smallest absolute Gasteiger partial charge is 0.326 e. The van der Waals surface area contributed by atoms with Crippen LogP contribution < -0.4 is 31.3 Å². The first-order valence-corrected chi connectivity index (χ1v) is 22.6. The van der Waals surface area contributed by atoms with Crippen LogP contribution >= 0.6 is 0 Å². The summed E-state index contributed by atoms with van der Waals surface area (Å²) in [5.41, 5.74) is 5.73. The summed E-state index contributed by atoms with van der Waals surface area (Å²) in [6.07, 6.45) is 4.09. The van der Waals surface area contributed by atoms with Crippen molar-refractivity contribution in [1.82, 2.24) is 31.6 Å². The lowest BCUT2D eigenvalue weighted by molar-refractivity contribution is -0.142. The van der Waals surface area contributed by atoms with Gasteiger partial charge in [0.25, 0.3) is 5.91 Å². The van der Waals surface area contributed by atoms with Crippen molar-refractivity contribution in [2.75, 3.05) is 6.61 Å². The summed E-state index contributed by atoms with van der Waals surface area (Å²) in [4.78, 5) is 88.0. The number of carboxylic acids is 1. The van der Waals surface area contributed by atoms with Gasteiger partial charge in [-0.2, -0.15) is 0 Å². The fourth-order valence-corrected chi connectivity index (χ4v) is 7.95. The maximum absolute atomic E-state index is 14.7. The van der Waals surface area contributed by atoms with Crippen LogP contribution in [-0.2, 0) is 60.9 Å². The van der Waals surface area contributed by atoms with E-state index in [9.17, 15) is 33.9 Å². The number of ether oxygens (including phenoxy) is 1. The molecule has 14 heteroatoms. The molecule has 6 aromatic rings. The number of benzene rings is 5. The van der Waals surface area contributed by atoms with Gasteiger partial charge in [-0.3, -0.25) is 29.0 Å². The molecule has 0 saturated carbocycles. The molecule has 68 heavy (non-hydrogen) atoms. The Morgan fingerprint density at radius 2 is 1.12 bits per heavy atom. The molecule has 6 N–H and O–H groups in total. The van der Waals surface area contributed by atoms with E-state index in [4.69, 9.17) is 4.74 Å². The molecule has 5 aromatic carbocycles. The van der Waals surface area contributed by atoms with E-state index in [1.807, 2.05) is 115 Å². The largest absolute Gasteiger partial charge is 0.484 e. The van der Waals surface area contributed by atoms with Gasteiger partial charge in [-0.1, -0.05) is 127 Å². The zero-order valence-electron chi connectivity index (χ0n) is 37.4. The number of hydrogen-bond donors (Lipinski definition) is 6. The van der Waals surface area contributed by atoms with E-state index in [0.29, 0.717) is 35.3 Å². The van der Waals surface area contributed by atoms with Crippen LogP contribution in [0.5, 0.6) is 5.75 Å². The lowest BCUT2D eigenvalue weighted by atomic mass is 9.98. The van der Waals surface area contributed by atoms with E-state index in [-0.39, 0.29) is 32.1 Å². The third-order valence-electron chi connectivity index (χ3n) is 11.7. The normalized spacial score (nSPS) is 18.5. The van der Waals surface area contributed by atoms with Crippen LogP contribution in [0.25, 0.3) is 11.1 Å². The lowest BCUT2D eigenvalue weighted by Gasteiger charge is -2.27. The van der Waals surface area contributed by atoms with Gasteiger partial charge in [0.15, 0.2) is 6.61 Å². The summed E-state index contributed by atoms with van der Waals surface area (Å²) in [6, 6.07) is 39.8. The van der Waals surface area contributed by atoms with Gasteiger partial charge in [-0.05, 0) is 88.9 Å². The fraction of sp³-hybridized carbons (Fsp3) is 0.241. The van der Waals surface area contributed by atoms with Crippen LogP contribution in [0.3, 0.4) is 0 Å². The van der Waals surface area contributed by atoms with Crippen molar-refractivity contribution >= 4 is 35.5 Å². The van der Waals surface area contributed by atoms with Gasteiger partial charge >= 0.3 is 5.97 Å². The molecule has 2 aliphatic rings. The molecule has 0 radical (unpaired) electrons. The Labute approximate surface area is 394 Å². The number of carbonyl (C=O) groups excluding carboxylic acids is 5. The van der Waals surface area contributed by atoms with Gasteiger partial charge < -0.3 is 36.4 Å². The molecule has 0 aliphatic carbocycles. The number of carboxylic acid groups (broad SMARTS) is 1. The predicted octanol–water partition coefficient (Wildman–Crippen LogP) is 4.94. The summed E-state index contributed by atoms with van der Waals surface area (Å²) in [7, 11) is 0. The molecule has 5 amide bonds. The average Bonchev–Trinajstić information content (AvgIpc) is 3.36. The zero-order valence-corrected chi connectivity index (χ0v) is 37.4. The van der Waals surface area contributed by atoms with E-state index in [0.717, 1.165) is 22.3 Å². The Bertz CT molecular complexity index is 2620. The number of nitrogens with one attached hydrogen (secondary N) is 5. The molecular weight excluding hydrogens is 861 g/mol. The van der Waals surface area contributed by atoms with Crippen molar-refractivity contribution in [2.45, 2.75) is 75.2 Å². The monoisotopic (exact) mass is 914 g/mol. The maximum atomic E-state index is 14.7. The molecular formula is C54H54N6O8. The molecule has 0 unspecified atom stereocenters. The van der Waals surface area contributed by atoms with Crippen LogP contribution in [0, 0.1) is 0 Å². The van der Waals surface area contributed by atoms with E-state index in [1.165, 1.54) is 0 Å². The number of pyridine rings is 1. The molecule has 8 rings (SSSR count). The number of nitrogens with zero attached hydrogens (tertiary/aromatic N) is 1. The molecule has 5 atom stereocenters. The molecule has 3 heterocycles. The Morgan fingerprint density at radius 3 is 1.74 bits per heavy atom. The molecule has 0 fully saturated rings. The van der Waals surface area contributed by atoms with E-state index >= 15 is 0 Å². The van der Waals surface area contributed by atoms with Gasteiger partial charge in [-0.25, -0.2) is 4.79 Å². The van der Waals surface area contributed by atoms with Crippen LogP contribution in [0.15, 0.2) is 164 Å². The van der Waals surface area contributed by atoms with E-state index in [1.54, 1.807) is 48.8 Å². The first-order chi connectivity index (χ1) is 33.1. The SMILES string of the molecule is O=C1COc2ccc(cc2)C[C@H](C(=O)N[C@H](CCc2ccccc2)C(=O)O)NC(=O)[C@H](CCc2ccccc2)NC(=O)[C@@H](Cc2ccc(-c3ccccc3)cc2)NC(=O)[C@H](Cc2ccncc2)N1. The number of rotatable bonds is 14. The molecule has 1 aromatic heterocycles. The zero-order chi connectivity index (χ0) is 47.7. The number of amides is 5. The second kappa shape index (κ2) is 23.9. The Hall–Kier alpha value is -8.13. The Balaban J connectivity index is 1.21. The summed E-state index contributed by atoms with van der Waals surface area (Å²) in [6.45, 7) is -0.444. The third kappa shape index (κ3) is 14.2. The number of aromatic nitrogens is 1. The van der Waals surface area contributed by atoms with Crippen molar-refractivity contribution in [3.8, 4) is 16.9 Å². The van der Waals surface area contributed by atoms with E-state index < -0.39 is 72.3 Å². The minimum atomic E-state index is -1.29. The summed E-state index contributed by atoms with van der Waals surface area (Å²) < 4.78 is 5.81. The highest BCUT2D eigenvalue weighted by Gasteiger charge is 2.33. The molecule has 2 aliphatic heterocycles. The Kier molecular flexibility index (Phi) is 16.8. The summed E-state index contributed by atoms with van der Waals surface area (Å²) in [5, 5.41) is 24.2. The summed E-state index contributed by atoms with van der Waals surface area (Å²) in [5.74, 6) is -4.27. The van der Waals surface area contributed by atoms with Crippen LogP contribution in [0.4, 0.5) is 0 Å². The quantitative estimate of drug-likeness (QED) is 0.0818. The molecule has 2 bridgehead atoms. The molecule has 348 valence electrons. The Morgan fingerprint density at radius 1 is 0.588 bits per heavy atom. The number of hydrogen-bond acceptors (Lipinski definition) is 8. The number of aryl methyl sites for hydroxylation is 2. The minimum Gasteiger partial charge on any atom is -0.484 e. The maximum Gasteiger partial charge on any atom is 0.326 e. The highest BCUT2D eigenvalue weighted by Crippen LogP contribution is 2.21. The van der Waals surface area contributed by atoms with Gasteiger partial charge in [0, 0.05) is 31.7 Å². The minimum absolute atomic E-state index is 0.0112. The topological polar surface area (TPSA) is 205 Å². The van der Waals surface area contributed by atoms with Crippen molar-refractivity contribution in [1.29, 1.82) is 0 Å². The second-order valence-corrected chi connectivity index (χ2v) is 16.7. The predicted molar refractivity (Wildman–Crippen MR) is 256 cm³/mol. The highest BCUT2D eigenvalue weighted by molar-refractivity contribution is 5.96. The van der Waals surface area contributed by atoms with Gasteiger partial charge in [-0.15, -0.1) is 0 Å². The van der Waals surface area contributed by atoms with Gasteiger partial charge in [0.1, 0.15) is 36.0 Å². The first-order valence-electron chi connectivity index (χ1n) is 22.6. The number of fused-ring (bicyclic) bond motifs is 16. The van der Waals surface area contributed by atoms with Crippen molar-refractivity contribution in [2.24, 2.45) is 0 Å². The van der Waals surface area contributed by atoms with Crippen molar-refractivity contribution in [3.63, 3.8) is 0 Å². The highest BCUT2D eigenvalue weighted by atomic mass is 16.5. The number of aliphatic carboxylic acids is 1. The van der Waals surface area contributed by atoms with Crippen molar-refractivity contribution in [3.05, 3.63) is 192 Å². The fourth-order valence-electron chi connectivity index (χ4n) is 7.95. The van der Waals surface area contributed by atoms with Crippen LogP contribution in [-0.4, -0.2) is 82.4 Å². The second-order valence-electron chi connectivity index (χ2n) is 16.7. The van der Waals surface area contributed by atoms with Crippen molar-refractivity contribution < 1.29 is 38.6 Å². The third-order valence-corrected chi connectivity index (χ3v) is 11.7.